The summed E-state index contributed by atoms with van der Waals surface area (Å²) in [5, 5.41) is 26.2. The van der Waals surface area contributed by atoms with E-state index in [1.165, 1.54) is 18.2 Å². The van der Waals surface area contributed by atoms with Crippen molar-refractivity contribution in [2.75, 3.05) is 0 Å². The fourth-order valence-electron chi connectivity index (χ4n) is 1.11. The second-order valence-electron chi connectivity index (χ2n) is 3.06. The van der Waals surface area contributed by atoms with Crippen LogP contribution in [0.2, 0.25) is 0 Å². The van der Waals surface area contributed by atoms with Crippen molar-refractivity contribution in [1.82, 2.24) is 4.98 Å². The van der Waals surface area contributed by atoms with Gasteiger partial charge < -0.3 is 15.7 Å². The van der Waals surface area contributed by atoms with Gasteiger partial charge in [-0.1, -0.05) is 6.07 Å². The standard InChI is InChI=1S/C11H9N3O2.Na.H2O.H2/c15-8-4-5-9(10(16)7-8)13-14-11-3-1-2-6-12-11;;;/h1-7,15-16H;;1H2;1H. The summed E-state index contributed by atoms with van der Waals surface area (Å²) in [5.41, 5.74) is 0.281. The van der Waals surface area contributed by atoms with Crippen LogP contribution in [0, 0.1) is 0 Å². The summed E-state index contributed by atoms with van der Waals surface area (Å²) in [5.74, 6) is 0.309. The molecule has 4 N–H and O–H groups in total. The van der Waals surface area contributed by atoms with Gasteiger partial charge in [0.2, 0.25) is 0 Å². The Morgan fingerprint density at radius 1 is 1.06 bits per heavy atom. The van der Waals surface area contributed by atoms with Crippen molar-refractivity contribution in [3.63, 3.8) is 0 Å². The van der Waals surface area contributed by atoms with Gasteiger partial charge in [0.15, 0.2) is 5.82 Å². The van der Waals surface area contributed by atoms with E-state index in [2.05, 4.69) is 15.2 Å². The number of phenols is 2. The minimum atomic E-state index is -0.125. The number of phenolic OH excluding ortho intramolecular Hbond substituents is 2. The van der Waals surface area contributed by atoms with E-state index in [9.17, 15) is 5.11 Å². The van der Waals surface area contributed by atoms with Crippen molar-refractivity contribution < 1.29 is 17.1 Å². The molecule has 91 valence electrons. The van der Waals surface area contributed by atoms with Gasteiger partial charge in [0.25, 0.3) is 0 Å². The molecule has 0 unspecified atom stereocenters. The van der Waals surface area contributed by atoms with Crippen LogP contribution in [0.4, 0.5) is 11.5 Å². The molecular formula is C11H13N3NaO3. The zero-order valence-corrected chi connectivity index (χ0v) is 11.8. The summed E-state index contributed by atoms with van der Waals surface area (Å²) in [4.78, 5) is 3.95. The Morgan fingerprint density at radius 2 is 1.83 bits per heavy atom. The smallest absolute Gasteiger partial charge is 0.174 e. The van der Waals surface area contributed by atoms with Crippen LogP contribution in [-0.2, 0) is 0 Å². The summed E-state index contributed by atoms with van der Waals surface area (Å²) in [6.45, 7) is 0. The van der Waals surface area contributed by atoms with E-state index in [0.717, 1.165) is 0 Å². The van der Waals surface area contributed by atoms with Crippen molar-refractivity contribution in [3.05, 3.63) is 42.6 Å². The number of pyridine rings is 1. The van der Waals surface area contributed by atoms with E-state index in [-0.39, 0.29) is 53.6 Å². The molecule has 0 aliphatic rings. The molecule has 0 fully saturated rings. The van der Waals surface area contributed by atoms with E-state index in [4.69, 9.17) is 5.11 Å². The summed E-state index contributed by atoms with van der Waals surface area (Å²) in [7, 11) is 0. The number of rotatable bonds is 2. The molecule has 1 radical (unpaired) electrons. The van der Waals surface area contributed by atoms with Gasteiger partial charge in [0, 0.05) is 43.2 Å². The van der Waals surface area contributed by atoms with E-state index >= 15 is 0 Å². The molecule has 0 bridgehead atoms. The Bertz CT molecular complexity index is 526. The SMILES string of the molecule is O.Oc1ccc(N=Nc2ccccn2)c(O)c1.[HH].[Na]. The van der Waals surface area contributed by atoms with Gasteiger partial charge in [-0.3, -0.25) is 0 Å². The molecule has 2 aromatic rings. The molecule has 6 nitrogen and oxygen atoms in total. The van der Waals surface area contributed by atoms with Crippen molar-refractivity contribution in [1.29, 1.82) is 0 Å². The molecule has 0 spiro atoms. The van der Waals surface area contributed by atoms with Crippen LogP contribution >= 0.6 is 0 Å². The zero-order valence-electron chi connectivity index (χ0n) is 9.78. The van der Waals surface area contributed by atoms with Gasteiger partial charge in [-0.2, -0.15) is 0 Å². The van der Waals surface area contributed by atoms with Crippen LogP contribution < -0.4 is 0 Å². The first-order chi connectivity index (χ1) is 7.75. The molecule has 0 saturated heterocycles. The second-order valence-corrected chi connectivity index (χ2v) is 3.06. The topological polar surface area (TPSA) is 110 Å². The van der Waals surface area contributed by atoms with Gasteiger partial charge in [-0.15, -0.1) is 10.2 Å². The molecule has 18 heavy (non-hydrogen) atoms. The average molecular weight is 258 g/mol. The molecule has 0 atom stereocenters. The number of aromatic hydroxyl groups is 2. The third kappa shape index (κ3) is 4.42. The summed E-state index contributed by atoms with van der Waals surface area (Å²) in [6, 6.07) is 9.35. The average Bonchev–Trinajstić information content (AvgIpc) is 2.29. The Balaban J connectivity index is 0. The zero-order chi connectivity index (χ0) is 11.4. The molecule has 0 saturated carbocycles. The Kier molecular flexibility index (Phi) is 7.14. The van der Waals surface area contributed by atoms with Gasteiger partial charge in [-0.05, 0) is 24.3 Å². The number of nitrogens with zero attached hydrogens (tertiary/aromatic N) is 3. The molecule has 0 aliphatic carbocycles. The number of benzene rings is 1. The number of azo groups is 1. The molecule has 1 aromatic carbocycles. The maximum absolute atomic E-state index is 9.44. The van der Waals surface area contributed by atoms with E-state index < -0.39 is 0 Å². The van der Waals surface area contributed by atoms with Crippen molar-refractivity contribution in [3.8, 4) is 11.5 Å². The summed E-state index contributed by atoms with van der Waals surface area (Å²) < 4.78 is 0. The van der Waals surface area contributed by atoms with Crippen LogP contribution in [0.1, 0.15) is 1.43 Å². The van der Waals surface area contributed by atoms with Crippen LogP contribution in [0.15, 0.2) is 52.8 Å². The number of hydrogen-bond acceptors (Lipinski definition) is 5. The number of aromatic nitrogens is 1. The van der Waals surface area contributed by atoms with E-state index in [1.54, 1.807) is 24.4 Å². The molecule has 7 heteroatoms. The van der Waals surface area contributed by atoms with E-state index in [0.29, 0.717) is 5.82 Å². The predicted molar refractivity (Wildman–Crippen MR) is 69.7 cm³/mol. The van der Waals surface area contributed by atoms with E-state index in [1.807, 2.05) is 0 Å². The third-order valence-corrected chi connectivity index (χ3v) is 1.87. The third-order valence-electron chi connectivity index (χ3n) is 1.87. The summed E-state index contributed by atoms with van der Waals surface area (Å²) >= 11 is 0. The summed E-state index contributed by atoms with van der Waals surface area (Å²) in [6.07, 6.45) is 1.60. The normalized spacial score (nSPS) is 9.56. The quantitative estimate of drug-likeness (QED) is 0.634. The Morgan fingerprint density at radius 3 is 2.44 bits per heavy atom. The second kappa shape index (κ2) is 7.78. The monoisotopic (exact) mass is 258 g/mol. The molecular weight excluding hydrogens is 245 g/mol. The predicted octanol–water partition coefficient (Wildman–Crippen LogP) is 1.95. The Labute approximate surface area is 127 Å². The maximum atomic E-state index is 9.44. The molecule has 1 heterocycles. The maximum Gasteiger partial charge on any atom is 0.174 e. The fourth-order valence-corrected chi connectivity index (χ4v) is 1.11. The van der Waals surface area contributed by atoms with Gasteiger partial charge in [0.05, 0.1) is 0 Å². The minimum absolute atomic E-state index is 0. The van der Waals surface area contributed by atoms with Crippen LogP contribution in [0.25, 0.3) is 0 Å². The van der Waals surface area contributed by atoms with Crippen molar-refractivity contribution >= 4 is 41.1 Å². The Hall–Kier alpha value is -1.47. The fraction of sp³-hybridized carbons (Fsp3) is 0. The largest absolute Gasteiger partial charge is 0.508 e. The van der Waals surface area contributed by atoms with Crippen molar-refractivity contribution in [2.45, 2.75) is 0 Å². The van der Waals surface area contributed by atoms with Crippen LogP contribution in [-0.4, -0.2) is 50.2 Å². The number of hydrogen-bond donors (Lipinski definition) is 2. The van der Waals surface area contributed by atoms with Crippen molar-refractivity contribution in [2.24, 2.45) is 10.2 Å². The van der Waals surface area contributed by atoms with Gasteiger partial charge in [0.1, 0.15) is 17.2 Å². The minimum Gasteiger partial charge on any atom is -0.508 e. The molecule has 2 rings (SSSR count). The first-order valence-corrected chi connectivity index (χ1v) is 4.60. The van der Waals surface area contributed by atoms with Crippen LogP contribution in [0.5, 0.6) is 11.5 Å². The van der Waals surface area contributed by atoms with Gasteiger partial charge in [-0.25, -0.2) is 4.98 Å². The van der Waals surface area contributed by atoms with Gasteiger partial charge >= 0.3 is 0 Å². The first-order valence-electron chi connectivity index (χ1n) is 4.60. The van der Waals surface area contributed by atoms with Crippen LogP contribution in [0.3, 0.4) is 0 Å². The molecule has 1 aromatic heterocycles. The molecule has 0 amide bonds. The first kappa shape index (κ1) is 16.5. The molecule has 0 aliphatic heterocycles.